The zero-order valence-corrected chi connectivity index (χ0v) is 17.7. The molecule has 0 atom stereocenters. The number of amides is 2. The van der Waals surface area contributed by atoms with Crippen molar-refractivity contribution in [1.82, 2.24) is 5.32 Å². The summed E-state index contributed by atoms with van der Waals surface area (Å²) in [5.74, 6) is -0.233. The van der Waals surface area contributed by atoms with Crippen LogP contribution in [0.15, 0.2) is 82.6 Å². The average molecular weight is 415 g/mol. The van der Waals surface area contributed by atoms with E-state index in [-0.39, 0.29) is 11.8 Å². The van der Waals surface area contributed by atoms with Gasteiger partial charge in [-0.25, -0.2) is 0 Å². The Kier molecular flexibility index (Phi) is 5.72. The molecule has 1 N–H and O–H groups in total. The predicted octanol–water partition coefficient (Wildman–Crippen LogP) is 5.03. The lowest BCUT2D eigenvalue weighted by Crippen LogP contribution is -2.31. The van der Waals surface area contributed by atoms with Gasteiger partial charge < -0.3 is 10.2 Å². The number of hydrogen-bond acceptors (Lipinski definition) is 3. The molecule has 4 rings (SSSR count). The first-order valence-electron chi connectivity index (χ1n) is 9.72. The fourth-order valence-electron chi connectivity index (χ4n) is 3.23. The Morgan fingerprint density at radius 2 is 1.77 bits per heavy atom. The van der Waals surface area contributed by atoms with Gasteiger partial charge in [-0.3, -0.25) is 9.59 Å². The summed E-state index contributed by atoms with van der Waals surface area (Å²) in [6.45, 7) is 2.50. The topological polar surface area (TPSA) is 49.4 Å². The van der Waals surface area contributed by atoms with Crippen LogP contribution in [0.25, 0.3) is 6.08 Å². The molecule has 0 unspecified atom stereocenters. The van der Waals surface area contributed by atoms with E-state index < -0.39 is 0 Å². The molecule has 0 aromatic heterocycles. The Labute approximate surface area is 180 Å². The lowest BCUT2D eigenvalue weighted by molar-refractivity contribution is -0.114. The standard InChI is InChI=1S/C25H22N2O2S/c1-17-8-10-18(11-9-17)14-23-25(29)27(2)21-15-20(12-13-22(21)30-23)24(28)26-16-19-6-4-3-5-7-19/h3-15H,16H2,1-2H3,(H,26,28)/b23-14-. The van der Waals surface area contributed by atoms with E-state index in [0.29, 0.717) is 17.0 Å². The Morgan fingerprint density at radius 1 is 1.03 bits per heavy atom. The first-order chi connectivity index (χ1) is 14.5. The van der Waals surface area contributed by atoms with E-state index in [9.17, 15) is 9.59 Å². The van der Waals surface area contributed by atoms with Crippen molar-refractivity contribution in [2.75, 3.05) is 11.9 Å². The highest BCUT2D eigenvalue weighted by Gasteiger charge is 2.27. The van der Waals surface area contributed by atoms with Crippen molar-refractivity contribution < 1.29 is 9.59 Å². The van der Waals surface area contributed by atoms with Gasteiger partial charge in [0.2, 0.25) is 0 Å². The zero-order chi connectivity index (χ0) is 21.1. The van der Waals surface area contributed by atoms with E-state index in [0.717, 1.165) is 21.7 Å². The maximum absolute atomic E-state index is 12.9. The fraction of sp³-hybridized carbons (Fsp3) is 0.120. The Hall–Kier alpha value is -3.31. The molecule has 1 aliphatic heterocycles. The molecule has 1 heterocycles. The largest absolute Gasteiger partial charge is 0.348 e. The van der Waals surface area contributed by atoms with Crippen molar-refractivity contribution in [1.29, 1.82) is 0 Å². The van der Waals surface area contributed by atoms with Crippen molar-refractivity contribution in [2.45, 2.75) is 18.4 Å². The number of fused-ring (bicyclic) bond motifs is 1. The lowest BCUT2D eigenvalue weighted by Gasteiger charge is -2.27. The highest BCUT2D eigenvalue weighted by atomic mass is 32.2. The number of nitrogens with zero attached hydrogens (tertiary/aromatic N) is 1. The minimum atomic E-state index is -0.159. The summed E-state index contributed by atoms with van der Waals surface area (Å²) in [6, 6.07) is 23.3. The molecule has 0 aliphatic carbocycles. The zero-order valence-electron chi connectivity index (χ0n) is 16.9. The Morgan fingerprint density at radius 3 is 2.50 bits per heavy atom. The van der Waals surface area contributed by atoms with Crippen LogP contribution in [0.4, 0.5) is 5.69 Å². The summed E-state index contributed by atoms with van der Waals surface area (Å²) in [5, 5.41) is 2.93. The minimum absolute atomic E-state index is 0.0741. The van der Waals surface area contributed by atoms with Crippen LogP contribution in [0.3, 0.4) is 0 Å². The summed E-state index contributed by atoms with van der Waals surface area (Å²) in [4.78, 5) is 28.7. The van der Waals surface area contributed by atoms with Gasteiger partial charge in [0.25, 0.3) is 11.8 Å². The van der Waals surface area contributed by atoms with Crippen LogP contribution in [0, 0.1) is 6.92 Å². The normalized spacial score (nSPS) is 14.5. The molecule has 5 heteroatoms. The summed E-state index contributed by atoms with van der Waals surface area (Å²) < 4.78 is 0. The summed E-state index contributed by atoms with van der Waals surface area (Å²) >= 11 is 1.44. The molecule has 3 aromatic carbocycles. The predicted molar refractivity (Wildman–Crippen MR) is 122 cm³/mol. The second-order valence-electron chi connectivity index (χ2n) is 7.24. The summed E-state index contributed by atoms with van der Waals surface area (Å²) in [6.07, 6.45) is 1.91. The van der Waals surface area contributed by atoms with Crippen LogP contribution in [0.2, 0.25) is 0 Å². The van der Waals surface area contributed by atoms with Crippen molar-refractivity contribution in [3.8, 4) is 0 Å². The van der Waals surface area contributed by atoms with E-state index in [2.05, 4.69) is 5.32 Å². The smallest absolute Gasteiger partial charge is 0.264 e. The van der Waals surface area contributed by atoms with E-state index in [4.69, 9.17) is 0 Å². The monoisotopic (exact) mass is 414 g/mol. The number of nitrogens with one attached hydrogen (secondary N) is 1. The second-order valence-corrected chi connectivity index (χ2v) is 8.32. The number of likely N-dealkylation sites (N-methyl/N-ethyl adjacent to an activating group) is 1. The Bertz CT molecular complexity index is 1120. The second kappa shape index (κ2) is 8.59. The van der Waals surface area contributed by atoms with E-state index >= 15 is 0 Å². The van der Waals surface area contributed by atoms with Gasteiger partial charge in [0.05, 0.1) is 10.6 Å². The van der Waals surface area contributed by atoms with Crippen LogP contribution in [0.5, 0.6) is 0 Å². The summed E-state index contributed by atoms with van der Waals surface area (Å²) in [5.41, 5.74) is 4.50. The highest BCUT2D eigenvalue weighted by molar-refractivity contribution is 8.04. The van der Waals surface area contributed by atoms with Gasteiger partial charge in [0.1, 0.15) is 0 Å². The number of thioether (sulfide) groups is 1. The fourth-order valence-corrected chi connectivity index (χ4v) is 4.32. The quantitative estimate of drug-likeness (QED) is 0.609. The SMILES string of the molecule is Cc1ccc(/C=C2\Sc3ccc(C(=O)NCc4ccccc4)cc3N(C)C2=O)cc1. The number of benzene rings is 3. The van der Waals surface area contributed by atoms with Crippen molar-refractivity contribution in [3.05, 3.63) is 100.0 Å². The molecule has 4 nitrogen and oxygen atoms in total. The third kappa shape index (κ3) is 4.31. The molecule has 0 spiro atoms. The van der Waals surface area contributed by atoms with Crippen molar-refractivity contribution in [2.24, 2.45) is 0 Å². The van der Waals surface area contributed by atoms with Gasteiger partial charge in [0.15, 0.2) is 0 Å². The third-order valence-electron chi connectivity index (χ3n) is 4.99. The number of aryl methyl sites for hydroxylation is 1. The summed E-state index contributed by atoms with van der Waals surface area (Å²) in [7, 11) is 1.75. The molecule has 30 heavy (non-hydrogen) atoms. The Balaban J connectivity index is 1.54. The molecule has 0 saturated heterocycles. The molecule has 150 valence electrons. The molecular formula is C25H22N2O2S. The first kappa shape index (κ1) is 20.0. The third-order valence-corrected chi connectivity index (χ3v) is 6.07. The minimum Gasteiger partial charge on any atom is -0.348 e. The number of carbonyl (C=O) groups excluding carboxylic acids is 2. The van der Waals surface area contributed by atoms with Crippen LogP contribution < -0.4 is 10.2 Å². The molecule has 0 radical (unpaired) electrons. The van der Waals surface area contributed by atoms with Gasteiger partial charge in [-0.2, -0.15) is 0 Å². The number of hydrogen-bond donors (Lipinski definition) is 1. The number of anilines is 1. The highest BCUT2D eigenvalue weighted by Crippen LogP contribution is 2.42. The van der Waals surface area contributed by atoms with Gasteiger partial charge in [-0.1, -0.05) is 71.9 Å². The van der Waals surface area contributed by atoms with Crippen LogP contribution in [-0.2, 0) is 11.3 Å². The van der Waals surface area contributed by atoms with Crippen molar-refractivity contribution >= 4 is 35.3 Å². The molecule has 0 saturated carbocycles. The van der Waals surface area contributed by atoms with Gasteiger partial charge in [-0.15, -0.1) is 0 Å². The van der Waals surface area contributed by atoms with E-state index in [1.54, 1.807) is 24.1 Å². The lowest BCUT2D eigenvalue weighted by atomic mass is 10.1. The first-order valence-corrected chi connectivity index (χ1v) is 10.5. The molecule has 2 amide bonds. The molecule has 1 aliphatic rings. The molecular weight excluding hydrogens is 392 g/mol. The molecule has 3 aromatic rings. The maximum Gasteiger partial charge on any atom is 0.264 e. The van der Waals surface area contributed by atoms with Gasteiger partial charge in [-0.05, 0) is 42.3 Å². The van der Waals surface area contributed by atoms with Crippen LogP contribution >= 0.6 is 11.8 Å². The molecule has 0 bridgehead atoms. The maximum atomic E-state index is 12.9. The van der Waals surface area contributed by atoms with E-state index in [1.807, 2.05) is 73.7 Å². The van der Waals surface area contributed by atoms with Crippen LogP contribution in [0.1, 0.15) is 27.0 Å². The van der Waals surface area contributed by atoms with Gasteiger partial charge in [0, 0.05) is 24.1 Å². The molecule has 0 fully saturated rings. The average Bonchev–Trinajstić information content (AvgIpc) is 2.77. The van der Waals surface area contributed by atoms with Crippen molar-refractivity contribution in [3.63, 3.8) is 0 Å². The van der Waals surface area contributed by atoms with Crippen LogP contribution in [-0.4, -0.2) is 18.9 Å². The number of carbonyl (C=O) groups is 2. The van der Waals surface area contributed by atoms with Gasteiger partial charge >= 0.3 is 0 Å². The van der Waals surface area contributed by atoms with E-state index in [1.165, 1.54) is 17.3 Å². The number of rotatable bonds is 4.